The third-order valence-corrected chi connectivity index (χ3v) is 7.30. The van der Waals surface area contributed by atoms with Crippen LogP contribution in [0.3, 0.4) is 0 Å². The number of hydrogen-bond donors (Lipinski definition) is 1. The maximum Gasteiger partial charge on any atom is 0.261 e. The van der Waals surface area contributed by atoms with Crippen molar-refractivity contribution < 1.29 is 4.79 Å². The Labute approximate surface area is 192 Å². The third kappa shape index (κ3) is 3.35. The summed E-state index contributed by atoms with van der Waals surface area (Å²) in [5.41, 5.74) is 6.25. The van der Waals surface area contributed by atoms with Crippen LogP contribution < -0.4 is 10.9 Å². The van der Waals surface area contributed by atoms with Crippen molar-refractivity contribution in [2.45, 2.75) is 31.2 Å². The molecule has 0 saturated carbocycles. The number of fused-ring (bicyclic) bond motifs is 2. The first kappa shape index (κ1) is 19.9. The van der Waals surface area contributed by atoms with E-state index in [9.17, 15) is 9.59 Å². The van der Waals surface area contributed by atoms with Crippen molar-refractivity contribution in [1.29, 1.82) is 0 Å². The van der Waals surface area contributed by atoms with E-state index in [4.69, 9.17) is 0 Å². The smallest absolute Gasteiger partial charge is 0.261 e. The number of nitrogens with zero attached hydrogens (tertiary/aromatic N) is 2. The number of carbonyl (C=O) groups is 1. The average Bonchev–Trinajstić information content (AvgIpc) is 2.87. The molecule has 164 valence electrons. The number of benzene rings is 3. The molecule has 33 heavy (non-hydrogen) atoms. The summed E-state index contributed by atoms with van der Waals surface area (Å²) in [5, 5.41) is 3.73. The molecular formula is C28H25N3O2. The van der Waals surface area contributed by atoms with Crippen LogP contribution in [0.4, 0.5) is 0 Å². The zero-order chi connectivity index (χ0) is 22.4. The van der Waals surface area contributed by atoms with Crippen LogP contribution in [0.1, 0.15) is 46.9 Å². The molecule has 3 aliphatic rings. The number of rotatable bonds is 5. The number of nitrogens with one attached hydrogen (secondary N) is 1. The van der Waals surface area contributed by atoms with Gasteiger partial charge in [0.25, 0.3) is 5.56 Å². The molecule has 0 unspecified atom stereocenters. The summed E-state index contributed by atoms with van der Waals surface area (Å²) >= 11 is 0. The van der Waals surface area contributed by atoms with Gasteiger partial charge in [-0.25, -0.2) is 4.98 Å². The molecule has 1 N–H and O–H groups in total. The van der Waals surface area contributed by atoms with Crippen molar-refractivity contribution in [3.8, 4) is 0 Å². The predicted molar refractivity (Wildman–Crippen MR) is 128 cm³/mol. The number of carbonyl (C=O) groups excluding carboxylic acids is 1. The summed E-state index contributed by atoms with van der Waals surface area (Å²) < 4.78 is 1.52. The summed E-state index contributed by atoms with van der Waals surface area (Å²) in [6.07, 6.45) is 2.84. The van der Waals surface area contributed by atoms with E-state index in [2.05, 4.69) is 58.8 Å². The van der Waals surface area contributed by atoms with Gasteiger partial charge >= 0.3 is 0 Å². The molecular weight excluding hydrogens is 410 g/mol. The second-order valence-electron chi connectivity index (χ2n) is 9.10. The average molecular weight is 436 g/mol. The van der Waals surface area contributed by atoms with E-state index in [-0.39, 0.29) is 17.9 Å². The first-order valence-corrected chi connectivity index (χ1v) is 11.6. The van der Waals surface area contributed by atoms with Crippen LogP contribution in [0.15, 0.2) is 83.9 Å². The van der Waals surface area contributed by atoms with Gasteiger partial charge in [-0.1, -0.05) is 60.7 Å². The van der Waals surface area contributed by atoms with Gasteiger partial charge in [0.05, 0.1) is 17.2 Å². The Morgan fingerprint density at radius 2 is 1.55 bits per heavy atom. The molecule has 0 saturated heterocycles. The molecule has 1 heterocycles. The van der Waals surface area contributed by atoms with Gasteiger partial charge in [-0.2, -0.15) is 0 Å². The maximum absolute atomic E-state index is 12.7. The van der Waals surface area contributed by atoms with E-state index >= 15 is 0 Å². The minimum absolute atomic E-state index is 0.0296. The molecule has 0 radical (unpaired) electrons. The number of hydrogen-bond acceptors (Lipinski definition) is 3. The van der Waals surface area contributed by atoms with Gasteiger partial charge in [0, 0.05) is 31.3 Å². The summed E-state index contributed by atoms with van der Waals surface area (Å²) in [7, 11) is 0. The zero-order valence-corrected chi connectivity index (χ0v) is 18.3. The highest BCUT2D eigenvalue weighted by atomic mass is 16.1. The summed E-state index contributed by atoms with van der Waals surface area (Å²) in [6, 6.07) is 24.8. The molecule has 7 rings (SSSR count). The molecule has 5 nitrogen and oxygen atoms in total. The summed E-state index contributed by atoms with van der Waals surface area (Å²) in [6.45, 7) is 0.971. The number of aryl methyl sites for hydroxylation is 1. The minimum atomic E-state index is -0.105. The zero-order valence-electron chi connectivity index (χ0n) is 18.3. The second kappa shape index (κ2) is 8.00. The third-order valence-electron chi connectivity index (χ3n) is 7.30. The molecule has 3 aromatic carbocycles. The molecule has 3 aliphatic carbocycles. The monoisotopic (exact) mass is 435 g/mol. The van der Waals surface area contributed by atoms with Crippen molar-refractivity contribution in [1.82, 2.24) is 14.9 Å². The van der Waals surface area contributed by atoms with Gasteiger partial charge in [-0.05, 0) is 46.7 Å². The molecule has 1 amide bonds. The lowest BCUT2D eigenvalue weighted by Crippen LogP contribution is -2.39. The second-order valence-corrected chi connectivity index (χ2v) is 9.10. The van der Waals surface area contributed by atoms with Crippen LogP contribution >= 0.6 is 0 Å². The van der Waals surface area contributed by atoms with Crippen molar-refractivity contribution >= 4 is 16.8 Å². The highest BCUT2D eigenvalue weighted by molar-refractivity contribution is 5.77. The largest absolute Gasteiger partial charge is 0.356 e. The van der Waals surface area contributed by atoms with Crippen molar-refractivity contribution in [3.05, 3.63) is 112 Å². The van der Waals surface area contributed by atoms with Gasteiger partial charge in [0.15, 0.2) is 0 Å². The Morgan fingerprint density at radius 1 is 0.909 bits per heavy atom. The Kier molecular flexibility index (Phi) is 4.83. The van der Waals surface area contributed by atoms with E-state index in [1.807, 2.05) is 18.2 Å². The van der Waals surface area contributed by atoms with Crippen molar-refractivity contribution in [3.63, 3.8) is 0 Å². The highest BCUT2D eigenvalue weighted by Gasteiger charge is 2.42. The minimum Gasteiger partial charge on any atom is -0.356 e. The molecule has 2 bridgehead atoms. The van der Waals surface area contributed by atoms with Crippen LogP contribution in [-0.2, 0) is 11.3 Å². The van der Waals surface area contributed by atoms with Gasteiger partial charge in [-0.15, -0.1) is 0 Å². The standard InChI is InChI=1S/C28H25N3O2/c32-26(13-14-31-17-30-25-12-6-5-11-23(25)28(31)33)29-16-18-15-24-19-7-1-3-9-21(19)27(18)22-10-4-2-8-20(22)24/h1-12,17-18,24,27H,13-16H2,(H,29,32)/t18-,24?,27?/m0/s1. The Bertz CT molecular complexity index is 1380. The molecule has 5 heteroatoms. The van der Waals surface area contributed by atoms with Crippen LogP contribution in [0, 0.1) is 5.92 Å². The fourth-order valence-electron chi connectivity index (χ4n) is 5.78. The van der Waals surface area contributed by atoms with Crippen LogP contribution in [0.5, 0.6) is 0 Å². The van der Waals surface area contributed by atoms with E-state index in [1.54, 1.807) is 6.07 Å². The fourth-order valence-corrected chi connectivity index (χ4v) is 5.78. The van der Waals surface area contributed by atoms with Gasteiger partial charge in [-0.3, -0.25) is 14.2 Å². The topological polar surface area (TPSA) is 64.0 Å². The Hall–Kier alpha value is -3.73. The highest BCUT2D eigenvalue weighted by Crippen LogP contribution is 2.55. The molecule has 4 aromatic rings. The molecule has 1 aromatic heterocycles. The summed E-state index contributed by atoms with van der Waals surface area (Å²) in [4.78, 5) is 29.7. The van der Waals surface area contributed by atoms with Gasteiger partial charge < -0.3 is 5.32 Å². The van der Waals surface area contributed by atoms with Gasteiger partial charge in [0.1, 0.15) is 0 Å². The normalized spacial score (nSPS) is 20.3. The van der Waals surface area contributed by atoms with Crippen molar-refractivity contribution in [2.75, 3.05) is 6.54 Å². The van der Waals surface area contributed by atoms with E-state index < -0.39 is 0 Å². The predicted octanol–water partition coefficient (Wildman–Crippen LogP) is 4.20. The first-order chi connectivity index (χ1) is 16.2. The summed E-state index contributed by atoms with van der Waals surface area (Å²) in [5.74, 6) is 1.05. The quantitative estimate of drug-likeness (QED) is 0.511. The lowest BCUT2D eigenvalue weighted by molar-refractivity contribution is -0.121. The van der Waals surface area contributed by atoms with E-state index in [1.165, 1.54) is 33.1 Å². The molecule has 0 spiro atoms. The molecule has 0 aliphatic heterocycles. The number of amides is 1. The lowest BCUT2D eigenvalue weighted by atomic mass is 9.59. The molecule has 0 fully saturated rings. The number of aromatic nitrogens is 2. The van der Waals surface area contributed by atoms with Crippen LogP contribution in [-0.4, -0.2) is 22.0 Å². The lowest BCUT2D eigenvalue weighted by Gasteiger charge is -2.45. The molecule has 1 atom stereocenters. The van der Waals surface area contributed by atoms with E-state index in [0.717, 1.165) is 6.42 Å². The van der Waals surface area contributed by atoms with Crippen LogP contribution in [0.25, 0.3) is 10.9 Å². The maximum atomic E-state index is 12.7. The first-order valence-electron chi connectivity index (χ1n) is 11.6. The van der Waals surface area contributed by atoms with Crippen molar-refractivity contribution in [2.24, 2.45) is 5.92 Å². The number of para-hydroxylation sites is 1. The fraction of sp³-hybridized carbons (Fsp3) is 0.250. The Balaban J connectivity index is 1.15. The van der Waals surface area contributed by atoms with Gasteiger partial charge in [0.2, 0.25) is 5.91 Å². The van der Waals surface area contributed by atoms with Crippen LogP contribution in [0.2, 0.25) is 0 Å². The van der Waals surface area contributed by atoms with E-state index in [0.29, 0.717) is 41.7 Å². The SMILES string of the molecule is O=C(CCn1cnc2ccccc2c1=O)NC[C@@H]1CC2c3ccccc3C1c1ccccc12. The Morgan fingerprint density at radius 3 is 2.27 bits per heavy atom.